The van der Waals surface area contributed by atoms with Crippen LogP contribution in [0.3, 0.4) is 0 Å². The molecular weight excluding hydrogens is 323 g/mol. The molecule has 0 radical (unpaired) electrons. The quantitative estimate of drug-likeness (QED) is 0.639. The monoisotopic (exact) mass is 338 g/mol. The van der Waals surface area contributed by atoms with E-state index in [-0.39, 0.29) is 12.1 Å². The van der Waals surface area contributed by atoms with Crippen LogP contribution in [-0.4, -0.2) is 39.9 Å². The van der Waals surface area contributed by atoms with Gasteiger partial charge in [0.1, 0.15) is 17.5 Å². The molecule has 2 aliphatic carbocycles. The number of benzene rings is 1. The van der Waals surface area contributed by atoms with Gasteiger partial charge < -0.3 is 20.7 Å². The first kappa shape index (κ1) is 16.2. The molecule has 128 valence electrons. The number of halogens is 1. The van der Waals surface area contributed by atoms with Crippen molar-refractivity contribution in [3.63, 3.8) is 0 Å². The molecule has 3 rings (SSSR count). The fourth-order valence-corrected chi connectivity index (χ4v) is 3.57. The van der Waals surface area contributed by atoms with Gasteiger partial charge >= 0.3 is 18.0 Å². The van der Waals surface area contributed by atoms with Crippen LogP contribution >= 0.6 is 0 Å². The number of ether oxygens (including phenoxy) is 1. The van der Waals surface area contributed by atoms with Crippen molar-refractivity contribution in [1.29, 1.82) is 0 Å². The van der Waals surface area contributed by atoms with Crippen molar-refractivity contribution >= 4 is 23.7 Å². The van der Waals surface area contributed by atoms with Gasteiger partial charge in [-0.2, -0.15) is 0 Å². The molecule has 0 aromatic heterocycles. The third-order valence-electron chi connectivity index (χ3n) is 4.69. The van der Waals surface area contributed by atoms with E-state index in [4.69, 9.17) is 15.6 Å². The molecule has 4 unspecified atom stereocenters. The number of carbonyl (C=O) groups is 3. The number of carbonyl (C=O) groups excluding carboxylic acids is 1. The molecule has 1 aromatic rings. The fourth-order valence-electron chi connectivity index (χ4n) is 3.57. The molecule has 1 aromatic carbocycles. The van der Waals surface area contributed by atoms with Crippen molar-refractivity contribution in [2.24, 2.45) is 23.5 Å². The summed E-state index contributed by atoms with van der Waals surface area (Å²) in [7, 11) is 0. The number of fused-ring (bicyclic) bond motifs is 1. The van der Waals surface area contributed by atoms with E-state index < -0.39 is 53.2 Å². The van der Waals surface area contributed by atoms with Gasteiger partial charge in [-0.05, 0) is 12.1 Å². The second-order valence-corrected chi connectivity index (χ2v) is 6.07. The maximum atomic E-state index is 13.5. The molecule has 0 spiro atoms. The largest absolute Gasteiger partial charge is 0.481 e. The maximum absolute atomic E-state index is 13.5. The zero-order valence-electron chi connectivity index (χ0n) is 12.3. The summed E-state index contributed by atoms with van der Waals surface area (Å²) < 4.78 is 18.6. The second-order valence-electron chi connectivity index (χ2n) is 6.07. The molecule has 0 aliphatic heterocycles. The Labute approximate surface area is 135 Å². The van der Waals surface area contributed by atoms with Gasteiger partial charge in [-0.1, -0.05) is 12.1 Å². The molecule has 2 saturated carbocycles. The second kappa shape index (κ2) is 5.45. The number of rotatable bonds is 4. The van der Waals surface area contributed by atoms with Crippen molar-refractivity contribution in [3.05, 3.63) is 30.1 Å². The normalized spacial score (nSPS) is 33.4. The van der Waals surface area contributed by atoms with Gasteiger partial charge in [0, 0.05) is 18.3 Å². The average molecular weight is 338 g/mol. The number of anilines is 1. The van der Waals surface area contributed by atoms with E-state index >= 15 is 0 Å². The van der Waals surface area contributed by atoms with E-state index in [1.54, 1.807) is 0 Å². The number of nitrogens with one attached hydrogen (secondary N) is 1. The summed E-state index contributed by atoms with van der Waals surface area (Å²) in [5.74, 6) is -5.59. The first-order chi connectivity index (χ1) is 11.3. The summed E-state index contributed by atoms with van der Waals surface area (Å²) in [6.45, 7) is 0. The van der Waals surface area contributed by atoms with Gasteiger partial charge in [0.25, 0.3) is 0 Å². The lowest BCUT2D eigenvalue weighted by Crippen LogP contribution is -2.51. The van der Waals surface area contributed by atoms with Crippen molar-refractivity contribution in [2.75, 3.05) is 5.32 Å². The number of carboxylic acid groups (broad SMARTS) is 2. The Morgan fingerprint density at radius 3 is 2.54 bits per heavy atom. The predicted octanol–water partition coefficient (Wildman–Crippen LogP) is 0.875. The summed E-state index contributed by atoms with van der Waals surface area (Å²) >= 11 is 0. The zero-order valence-corrected chi connectivity index (χ0v) is 12.3. The number of para-hydroxylation sites is 1. The zero-order chi connectivity index (χ0) is 17.6. The molecule has 0 heterocycles. The number of aliphatic carboxylic acids is 2. The molecule has 2 aliphatic rings. The van der Waals surface area contributed by atoms with Crippen molar-refractivity contribution in [3.8, 4) is 0 Å². The Kier molecular flexibility index (Phi) is 3.67. The van der Waals surface area contributed by atoms with Gasteiger partial charge in [0.15, 0.2) is 0 Å². The molecule has 8 nitrogen and oxygen atoms in total. The Morgan fingerprint density at radius 1 is 1.29 bits per heavy atom. The van der Waals surface area contributed by atoms with Gasteiger partial charge in [-0.25, -0.2) is 9.18 Å². The van der Waals surface area contributed by atoms with Crippen molar-refractivity contribution in [1.82, 2.24) is 0 Å². The molecule has 5 N–H and O–H groups in total. The molecule has 2 fully saturated rings. The lowest BCUT2D eigenvalue weighted by molar-refractivity contribution is -0.146. The van der Waals surface area contributed by atoms with Crippen LogP contribution in [0.15, 0.2) is 24.3 Å². The Bertz CT molecular complexity index is 726. The van der Waals surface area contributed by atoms with Crippen LogP contribution in [0.25, 0.3) is 0 Å². The summed E-state index contributed by atoms with van der Waals surface area (Å²) in [4.78, 5) is 34.5. The van der Waals surface area contributed by atoms with Crippen LogP contribution < -0.4 is 11.1 Å². The smallest absolute Gasteiger partial charge is 0.411 e. The van der Waals surface area contributed by atoms with Gasteiger partial charge in [0.05, 0.1) is 11.6 Å². The summed E-state index contributed by atoms with van der Waals surface area (Å²) in [6.07, 6.45) is -2.13. The first-order valence-electron chi connectivity index (χ1n) is 7.23. The maximum Gasteiger partial charge on any atom is 0.411 e. The fraction of sp³-hybridized carbons (Fsp3) is 0.400. The van der Waals surface area contributed by atoms with Crippen molar-refractivity contribution < 1.29 is 33.7 Å². The van der Waals surface area contributed by atoms with Gasteiger partial charge in [-0.3, -0.25) is 14.9 Å². The first-order valence-corrected chi connectivity index (χ1v) is 7.23. The van der Waals surface area contributed by atoms with E-state index in [0.717, 1.165) is 6.07 Å². The number of carboxylic acids is 2. The molecule has 0 bridgehead atoms. The Hall–Kier alpha value is -2.68. The minimum Gasteiger partial charge on any atom is -0.481 e. The van der Waals surface area contributed by atoms with Crippen LogP contribution in [0, 0.1) is 23.6 Å². The topological polar surface area (TPSA) is 139 Å². The number of amides is 1. The highest BCUT2D eigenvalue weighted by molar-refractivity contribution is 5.87. The third kappa shape index (κ3) is 2.46. The molecular formula is C15H15FN2O6. The average Bonchev–Trinajstić information content (AvgIpc) is 3.18. The lowest BCUT2D eigenvalue weighted by Gasteiger charge is -2.24. The predicted molar refractivity (Wildman–Crippen MR) is 77.6 cm³/mol. The highest BCUT2D eigenvalue weighted by Crippen LogP contribution is 2.62. The summed E-state index contributed by atoms with van der Waals surface area (Å²) in [6, 6.07) is 5.44. The summed E-state index contributed by atoms with van der Waals surface area (Å²) in [5.41, 5.74) is 3.97. The highest BCUT2D eigenvalue weighted by Gasteiger charge is 2.75. The SMILES string of the molecule is NC1(C(=O)O)CC(OC(=O)Nc2ccccc2F)C2C1[C@H]2C(=O)O. The Balaban J connectivity index is 1.71. The number of hydrogen-bond donors (Lipinski definition) is 4. The van der Waals surface area contributed by atoms with Crippen LogP contribution in [-0.2, 0) is 14.3 Å². The molecule has 9 heteroatoms. The third-order valence-corrected chi connectivity index (χ3v) is 4.69. The minimum absolute atomic E-state index is 0.0973. The summed E-state index contributed by atoms with van der Waals surface area (Å²) in [5, 5.41) is 20.6. The van der Waals surface area contributed by atoms with E-state index in [2.05, 4.69) is 5.32 Å². The number of hydrogen-bond acceptors (Lipinski definition) is 5. The van der Waals surface area contributed by atoms with Crippen LogP contribution in [0.4, 0.5) is 14.9 Å². The van der Waals surface area contributed by atoms with E-state index in [1.807, 2.05) is 0 Å². The lowest BCUT2D eigenvalue weighted by atomic mass is 9.91. The van der Waals surface area contributed by atoms with Crippen molar-refractivity contribution in [2.45, 2.75) is 18.1 Å². The molecule has 1 amide bonds. The highest BCUT2D eigenvalue weighted by atomic mass is 19.1. The van der Waals surface area contributed by atoms with Crippen LogP contribution in [0.5, 0.6) is 0 Å². The molecule has 0 saturated heterocycles. The number of nitrogens with two attached hydrogens (primary N) is 1. The van der Waals surface area contributed by atoms with E-state index in [0.29, 0.717) is 0 Å². The van der Waals surface area contributed by atoms with Gasteiger partial charge in [0.2, 0.25) is 0 Å². The van der Waals surface area contributed by atoms with E-state index in [1.165, 1.54) is 18.2 Å². The van der Waals surface area contributed by atoms with Gasteiger partial charge in [-0.15, -0.1) is 0 Å². The van der Waals surface area contributed by atoms with E-state index in [9.17, 15) is 23.9 Å². The standard InChI is InChI=1S/C15H15FN2O6/c16-6-3-1-2-4-7(6)18-14(23)24-8-5-15(17,13(21)22)11-9(8)10(11)12(19)20/h1-4,8-11H,5,17H2,(H,18,23)(H,19,20)(H,21,22)/t8?,9?,10-,11?,15?/m0/s1. The van der Waals surface area contributed by atoms with Crippen LogP contribution in [0.1, 0.15) is 6.42 Å². The molecule has 24 heavy (non-hydrogen) atoms. The Morgan fingerprint density at radius 2 is 1.96 bits per heavy atom. The minimum atomic E-state index is -1.75. The van der Waals surface area contributed by atoms with Crippen LogP contribution in [0.2, 0.25) is 0 Å². The molecule has 5 atom stereocenters.